The number of carbonyl (C=O) groups is 1. The summed E-state index contributed by atoms with van der Waals surface area (Å²) < 4.78 is 27.7. The molecule has 1 aromatic heterocycles. The highest BCUT2D eigenvalue weighted by atomic mass is 19.1. The van der Waals surface area contributed by atoms with E-state index < -0.39 is 17.0 Å². The molecule has 0 saturated heterocycles. The summed E-state index contributed by atoms with van der Waals surface area (Å²) in [6, 6.07) is 11.3. The number of hydrogen-bond donors (Lipinski definition) is 2. The maximum Gasteiger partial charge on any atom is 0.235 e. The summed E-state index contributed by atoms with van der Waals surface area (Å²) in [4.78, 5) is 16.1. The number of H-pyrrole nitrogens is 1. The Morgan fingerprint density at radius 2 is 1.75 bits per heavy atom. The van der Waals surface area contributed by atoms with Crippen LogP contribution in [0.3, 0.4) is 0 Å². The standard InChI is InChI=1S/C19H16F2N2O/c1-11-16(12-5-2-3-8-15(12)22-11)19(9-10-19)18(24)23-17-13(20)6-4-7-14(17)21/h2-8,22H,9-10H2,1H3,(H,23,24). The number of halogens is 2. The minimum absolute atomic E-state index is 0.362. The highest BCUT2D eigenvalue weighted by Gasteiger charge is 2.53. The quantitative estimate of drug-likeness (QED) is 0.735. The molecule has 2 aromatic carbocycles. The third-order valence-corrected chi connectivity index (χ3v) is 4.76. The van der Waals surface area contributed by atoms with Gasteiger partial charge >= 0.3 is 0 Å². The maximum absolute atomic E-state index is 13.8. The Hall–Kier alpha value is -2.69. The molecule has 2 N–H and O–H groups in total. The predicted molar refractivity (Wildman–Crippen MR) is 88.9 cm³/mol. The van der Waals surface area contributed by atoms with Crippen molar-refractivity contribution >= 4 is 22.5 Å². The van der Waals surface area contributed by atoms with E-state index >= 15 is 0 Å². The summed E-state index contributed by atoms with van der Waals surface area (Å²) in [5, 5.41) is 3.44. The summed E-state index contributed by atoms with van der Waals surface area (Å²) in [6.07, 6.45) is 1.33. The molecule has 1 aliphatic carbocycles. The summed E-state index contributed by atoms with van der Waals surface area (Å²) in [5.74, 6) is -1.90. The van der Waals surface area contributed by atoms with E-state index in [0.29, 0.717) is 12.8 Å². The fraction of sp³-hybridized carbons (Fsp3) is 0.211. The smallest absolute Gasteiger partial charge is 0.235 e. The number of aromatic nitrogens is 1. The molecule has 3 nitrogen and oxygen atoms in total. The van der Waals surface area contributed by atoms with E-state index in [1.807, 2.05) is 31.2 Å². The van der Waals surface area contributed by atoms with E-state index in [1.165, 1.54) is 6.07 Å². The summed E-state index contributed by atoms with van der Waals surface area (Å²) >= 11 is 0. The van der Waals surface area contributed by atoms with Crippen LogP contribution in [0.2, 0.25) is 0 Å². The number of benzene rings is 2. The molecular formula is C19H16F2N2O. The lowest BCUT2D eigenvalue weighted by Gasteiger charge is -2.17. The Kier molecular flexibility index (Phi) is 3.20. The second-order valence-electron chi connectivity index (χ2n) is 6.30. The van der Waals surface area contributed by atoms with Gasteiger partial charge in [-0.3, -0.25) is 4.79 Å². The lowest BCUT2D eigenvalue weighted by Crippen LogP contribution is -2.29. The van der Waals surface area contributed by atoms with Crippen molar-refractivity contribution in [2.75, 3.05) is 5.32 Å². The van der Waals surface area contributed by atoms with Crippen LogP contribution in [-0.2, 0) is 10.2 Å². The van der Waals surface area contributed by atoms with E-state index in [-0.39, 0.29) is 11.6 Å². The monoisotopic (exact) mass is 326 g/mol. The number of fused-ring (bicyclic) bond motifs is 1. The summed E-state index contributed by atoms with van der Waals surface area (Å²) in [6.45, 7) is 1.92. The zero-order valence-electron chi connectivity index (χ0n) is 13.1. The van der Waals surface area contributed by atoms with E-state index in [9.17, 15) is 13.6 Å². The van der Waals surface area contributed by atoms with Gasteiger partial charge in [0.2, 0.25) is 5.91 Å². The predicted octanol–water partition coefficient (Wildman–Crippen LogP) is 4.42. The van der Waals surface area contributed by atoms with Crippen LogP contribution in [-0.4, -0.2) is 10.9 Å². The molecule has 0 aliphatic heterocycles. The molecule has 0 atom stereocenters. The molecule has 5 heteroatoms. The molecular weight excluding hydrogens is 310 g/mol. The SMILES string of the molecule is Cc1[nH]c2ccccc2c1C1(C(=O)Nc2c(F)cccc2F)CC1. The third-order valence-electron chi connectivity index (χ3n) is 4.76. The van der Waals surface area contributed by atoms with Crippen molar-refractivity contribution in [1.29, 1.82) is 0 Å². The molecule has 0 bridgehead atoms. The van der Waals surface area contributed by atoms with Gasteiger partial charge in [0.25, 0.3) is 0 Å². The number of para-hydroxylation sites is 2. The molecule has 1 saturated carbocycles. The Morgan fingerprint density at radius 1 is 1.08 bits per heavy atom. The third kappa shape index (κ3) is 2.12. The first-order valence-electron chi connectivity index (χ1n) is 7.86. The average Bonchev–Trinajstić information content (AvgIpc) is 3.28. The van der Waals surface area contributed by atoms with E-state index in [0.717, 1.165) is 34.3 Å². The lowest BCUT2D eigenvalue weighted by atomic mass is 9.92. The van der Waals surface area contributed by atoms with E-state index in [1.54, 1.807) is 0 Å². The number of rotatable bonds is 3. The van der Waals surface area contributed by atoms with Gasteiger partial charge in [-0.25, -0.2) is 8.78 Å². The van der Waals surface area contributed by atoms with Crippen molar-refractivity contribution in [3.63, 3.8) is 0 Å². The Labute approximate surface area is 137 Å². The second kappa shape index (κ2) is 5.16. The van der Waals surface area contributed by atoms with E-state index in [2.05, 4.69) is 10.3 Å². The van der Waals surface area contributed by atoms with Crippen molar-refractivity contribution in [3.05, 3.63) is 65.4 Å². The highest BCUT2D eigenvalue weighted by Crippen LogP contribution is 2.52. The van der Waals surface area contributed by atoms with Crippen molar-refractivity contribution < 1.29 is 13.6 Å². The highest BCUT2D eigenvalue weighted by molar-refractivity contribution is 6.05. The van der Waals surface area contributed by atoms with Crippen LogP contribution < -0.4 is 5.32 Å². The van der Waals surface area contributed by atoms with Crippen LogP contribution in [0, 0.1) is 18.6 Å². The number of carbonyl (C=O) groups excluding carboxylic acids is 1. The number of aryl methyl sites for hydroxylation is 1. The molecule has 0 radical (unpaired) electrons. The van der Waals surface area contributed by atoms with Crippen LogP contribution in [0.4, 0.5) is 14.5 Å². The number of hydrogen-bond acceptors (Lipinski definition) is 1. The largest absolute Gasteiger partial charge is 0.358 e. The average molecular weight is 326 g/mol. The minimum atomic E-state index is -0.769. The van der Waals surface area contributed by atoms with Crippen molar-refractivity contribution in [2.24, 2.45) is 0 Å². The Bertz CT molecular complexity index is 937. The van der Waals surface area contributed by atoms with Gasteiger partial charge in [0.15, 0.2) is 0 Å². The van der Waals surface area contributed by atoms with Crippen LogP contribution in [0.1, 0.15) is 24.1 Å². The second-order valence-corrected chi connectivity index (χ2v) is 6.30. The van der Waals surface area contributed by atoms with Crippen LogP contribution in [0.5, 0.6) is 0 Å². The molecule has 1 heterocycles. The number of anilines is 1. The van der Waals surface area contributed by atoms with Gasteiger partial charge in [-0.15, -0.1) is 0 Å². The van der Waals surface area contributed by atoms with Gasteiger partial charge in [-0.05, 0) is 43.5 Å². The molecule has 24 heavy (non-hydrogen) atoms. The molecule has 122 valence electrons. The summed E-state index contributed by atoms with van der Waals surface area (Å²) in [5.41, 5.74) is 1.69. The first-order valence-corrected chi connectivity index (χ1v) is 7.86. The molecule has 0 unspecified atom stereocenters. The van der Waals surface area contributed by atoms with Gasteiger partial charge in [-0.1, -0.05) is 24.3 Å². The first kappa shape index (κ1) is 14.9. The van der Waals surface area contributed by atoms with E-state index in [4.69, 9.17) is 0 Å². The van der Waals surface area contributed by atoms with Gasteiger partial charge in [0, 0.05) is 16.6 Å². The maximum atomic E-state index is 13.8. The minimum Gasteiger partial charge on any atom is -0.358 e. The number of aromatic amines is 1. The van der Waals surface area contributed by atoms with Crippen molar-refractivity contribution in [2.45, 2.75) is 25.2 Å². The topological polar surface area (TPSA) is 44.9 Å². The Morgan fingerprint density at radius 3 is 2.42 bits per heavy atom. The summed E-state index contributed by atoms with van der Waals surface area (Å²) in [7, 11) is 0. The van der Waals surface area contributed by atoms with Gasteiger partial charge in [0.05, 0.1) is 5.41 Å². The molecule has 3 aromatic rings. The molecule has 1 aliphatic rings. The molecule has 4 rings (SSSR count). The fourth-order valence-electron chi connectivity index (χ4n) is 3.46. The lowest BCUT2D eigenvalue weighted by molar-refractivity contribution is -0.118. The molecule has 1 fully saturated rings. The van der Waals surface area contributed by atoms with Crippen LogP contribution in [0.15, 0.2) is 42.5 Å². The molecule has 0 spiro atoms. The fourth-order valence-corrected chi connectivity index (χ4v) is 3.46. The first-order chi connectivity index (χ1) is 11.5. The normalized spacial score (nSPS) is 15.5. The van der Waals surface area contributed by atoms with Crippen molar-refractivity contribution in [3.8, 4) is 0 Å². The molecule has 1 amide bonds. The van der Waals surface area contributed by atoms with Crippen LogP contribution >= 0.6 is 0 Å². The van der Waals surface area contributed by atoms with Crippen molar-refractivity contribution in [1.82, 2.24) is 4.98 Å². The van der Waals surface area contributed by atoms with Gasteiger partial charge < -0.3 is 10.3 Å². The number of amides is 1. The zero-order valence-corrected chi connectivity index (χ0v) is 13.1. The van der Waals surface area contributed by atoms with Gasteiger partial charge in [-0.2, -0.15) is 0 Å². The zero-order chi connectivity index (χ0) is 16.9. The van der Waals surface area contributed by atoms with Crippen LogP contribution in [0.25, 0.3) is 10.9 Å². The van der Waals surface area contributed by atoms with Gasteiger partial charge in [0.1, 0.15) is 17.3 Å². The Balaban J connectivity index is 1.75. The number of nitrogens with one attached hydrogen (secondary N) is 2.